The van der Waals surface area contributed by atoms with Gasteiger partial charge in [0, 0.05) is 25.0 Å². The topological polar surface area (TPSA) is 29.4 Å². The van der Waals surface area contributed by atoms with Gasteiger partial charge in [0.2, 0.25) is 5.92 Å². The number of hydrogen-bond acceptors (Lipinski definition) is 1. The second kappa shape index (κ2) is 3.68. The Bertz CT molecular complexity index is 262. The van der Waals surface area contributed by atoms with E-state index >= 15 is 0 Å². The van der Waals surface area contributed by atoms with Gasteiger partial charge in [0.1, 0.15) is 11.0 Å². The Morgan fingerprint density at radius 2 is 1.93 bits per heavy atom. The Balaban J connectivity index is 2.40. The molecule has 1 rings (SSSR count). The normalized spacial score (nSPS) is 24.9. The molecule has 82 valence electrons. The van der Waals surface area contributed by atoms with Crippen molar-refractivity contribution in [3.63, 3.8) is 0 Å². The second-order valence-electron chi connectivity index (χ2n) is 4.64. The van der Waals surface area contributed by atoms with Gasteiger partial charge in [-0.25, -0.2) is 13.0 Å². The lowest BCUT2D eigenvalue weighted by Gasteiger charge is -2.32. The molecule has 1 aliphatic carbocycles. The molecule has 0 heterocycles. The molecule has 0 aromatic heterocycles. The predicted octanol–water partition coefficient (Wildman–Crippen LogP) is 2.56. The number of rotatable bonds is 2. The van der Waals surface area contributed by atoms with Crippen LogP contribution in [0.4, 0.5) is 8.78 Å². The van der Waals surface area contributed by atoms with Crippen LogP contribution in [0.15, 0.2) is 4.40 Å². The van der Waals surface area contributed by atoms with E-state index in [1.165, 1.54) is 6.21 Å². The van der Waals surface area contributed by atoms with Gasteiger partial charge < -0.3 is 0 Å². The van der Waals surface area contributed by atoms with E-state index in [9.17, 15) is 13.0 Å². The number of hydrogen-bond donors (Lipinski definition) is 0. The third kappa shape index (κ3) is 3.12. The maximum Gasteiger partial charge on any atom is 0.249 e. The molecule has 5 heteroatoms. The van der Waals surface area contributed by atoms with Crippen molar-refractivity contribution in [3.8, 4) is 0 Å². The SMILES string of the molecule is CC(C)(C)[S@](=O)/N=C/C1CC(F)(F)C1. The van der Waals surface area contributed by atoms with Gasteiger partial charge in [-0.05, 0) is 20.8 Å². The summed E-state index contributed by atoms with van der Waals surface area (Å²) in [6.45, 7) is 5.40. The predicted molar refractivity (Wildman–Crippen MR) is 54.1 cm³/mol. The van der Waals surface area contributed by atoms with Crippen LogP contribution in [0.2, 0.25) is 0 Å². The van der Waals surface area contributed by atoms with Crippen LogP contribution in [0, 0.1) is 5.92 Å². The second-order valence-corrected chi connectivity index (χ2v) is 6.57. The van der Waals surface area contributed by atoms with Crippen molar-refractivity contribution in [2.24, 2.45) is 10.3 Å². The molecule has 0 aromatic rings. The maximum absolute atomic E-state index is 12.4. The van der Waals surface area contributed by atoms with Crippen LogP contribution in [-0.4, -0.2) is 21.1 Å². The number of alkyl halides is 2. The first-order valence-electron chi connectivity index (χ1n) is 4.55. The Labute approximate surface area is 85.4 Å². The molecule has 0 amide bonds. The monoisotopic (exact) mass is 223 g/mol. The molecule has 1 atom stereocenters. The molecule has 14 heavy (non-hydrogen) atoms. The van der Waals surface area contributed by atoms with Gasteiger partial charge >= 0.3 is 0 Å². The van der Waals surface area contributed by atoms with Crippen LogP contribution in [0.25, 0.3) is 0 Å². The molecule has 1 saturated carbocycles. The van der Waals surface area contributed by atoms with E-state index in [1.807, 2.05) is 0 Å². The van der Waals surface area contributed by atoms with Crippen LogP contribution >= 0.6 is 0 Å². The van der Waals surface area contributed by atoms with E-state index in [2.05, 4.69) is 4.40 Å². The van der Waals surface area contributed by atoms with Crippen molar-refractivity contribution >= 4 is 17.2 Å². The highest BCUT2D eigenvalue weighted by Gasteiger charge is 2.44. The first-order chi connectivity index (χ1) is 6.21. The third-order valence-electron chi connectivity index (χ3n) is 2.01. The zero-order chi connectivity index (χ0) is 11.0. The summed E-state index contributed by atoms with van der Waals surface area (Å²) in [4.78, 5) is 0. The third-order valence-corrected chi connectivity index (χ3v) is 3.37. The summed E-state index contributed by atoms with van der Waals surface area (Å²) in [5, 5.41) is 0. The minimum Gasteiger partial charge on any atom is -0.234 e. The fourth-order valence-corrected chi connectivity index (χ4v) is 1.71. The van der Waals surface area contributed by atoms with Crippen molar-refractivity contribution in [1.82, 2.24) is 0 Å². The average molecular weight is 223 g/mol. The van der Waals surface area contributed by atoms with Gasteiger partial charge in [-0.15, -0.1) is 0 Å². The van der Waals surface area contributed by atoms with Gasteiger partial charge in [0.15, 0.2) is 0 Å². The lowest BCUT2D eigenvalue weighted by atomic mass is 9.82. The Morgan fingerprint density at radius 3 is 2.29 bits per heavy atom. The Morgan fingerprint density at radius 1 is 1.43 bits per heavy atom. The minimum absolute atomic E-state index is 0.155. The minimum atomic E-state index is -2.53. The maximum atomic E-state index is 12.4. The van der Waals surface area contributed by atoms with Gasteiger partial charge in [-0.2, -0.15) is 4.40 Å². The summed E-state index contributed by atoms with van der Waals surface area (Å²) in [5.41, 5.74) is 0. The van der Waals surface area contributed by atoms with E-state index < -0.39 is 21.7 Å². The molecule has 0 bridgehead atoms. The molecule has 0 saturated heterocycles. The molecule has 0 unspecified atom stereocenters. The van der Waals surface area contributed by atoms with E-state index in [4.69, 9.17) is 0 Å². The zero-order valence-corrected chi connectivity index (χ0v) is 9.41. The quantitative estimate of drug-likeness (QED) is 0.661. The van der Waals surface area contributed by atoms with Crippen molar-refractivity contribution in [2.75, 3.05) is 0 Å². The molecular formula is C9H15F2NOS. The average Bonchev–Trinajstić information content (AvgIpc) is 1.93. The largest absolute Gasteiger partial charge is 0.249 e. The first kappa shape index (κ1) is 11.8. The Kier molecular flexibility index (Phi) is 3.09. The molecule has 1 fully saturated rings. The van der Waals surface area contributed by atoms with E-state index in [0.717, 1.165) is 0 Å². The van der Waals surface area contributed by atoms with Crippen molar-refractivity contribution in [2.45, 2.75) is 44.3 Å². The van der Waals surface area contributed by atoms with E-state index in [-0.39, 0.29) is 18.8 Å². The lowest BCUT2D eigenvalue weighted by Crippen LogP contribution is -2.36. The highest BCUT2D eigenvalue weighted by Crippen LogP contribution is 2.41. The summed E-state index contributed by atoms with van der Waals surface area (Å²) in [6.07, 6.45) is 1.11. The molecule has 0 aliphatic heterocycles. The van der Waals surface area contributed by atoms with Crippen LogP contribution in [0.3, 0.4) is 0 Å². The molecule has 1 aliphatic rings. The van der Waals surface area contributed by atoms with E-state index in [0.29, 0.717) is 0 Å². The number of halogens is 2. The molecule has 2 nitrogen and oxygen atoms in total. The van der Waals surface area contributed by atoms with Gasteiger partial charge in [-0.1, -0.05) is 0 Å². The fraction of sp³-hybridized carbons (Fsp3) is 0.889. The molecule has 0 aromatic carbocycles. The lowest BCUT2D eigenvalue weighted by molar-refractivity contribution is -0.0896. The highest BCUT2D eigenvalue weighted by atomic mass is 32.2. The smallest absolute Gasteiger partial charge is 0.234 e. The Hall–Kier alpha value is -0.320. The van der Waals surface area contributed by atoms with Gasteiger partial charge in [0.25, 0.3) is 0 Å². The van der Waals surface area contributed by atoms with Crippen LogP contribution in [-0.2, 0) is 11.0 Å². The standard InChI is InChI=1S/C9H15F2NOS/c1-8(2,3)14(13)12-6-7-4-9(10,11)5-7/h6-7H,4-5H2,1-3H3/b12-6+/t14-/m0/s1. The van der Waals surface area contributed by atoms with Crippen molar-refractivity contribution in [1.29, 1.82) is 0 Å². The van der Waals surface area contributed by atoms with Gasteiger partial charge in [-0.3, -0.25) is 0 Å². The van der Waals surface area contributed by atoms with Crippen LogP contribution < -0.4 is 0 Å². The summed E-state index contributed by atoms with van der Waals surface area (Å²) in [5.74, 6) is -2.73. The zero-order valence-electron chi connectivity index (χ0n) is 8.59. The van der Waals surface area contributed by atoms with E-state index in [1.54, 1.807) is 20.8 Å². The van der Waals surface area contributed by atoms with Gasteiger partial charge in [0.05, 0.1) is 4.75 Å². The molecular weight excluding hydrogens is 208 g/mol. The number of nitrogens with zero attached hydrogens (tertiary/aromatic N) is 1. The molecule has 0 radical (unpaired) electrons. The summed E-state index contributed by atoms with van der Waals surface area (Å²) >= 11 is 0. The first-order valence-corrected chi connectivity index (χ1v) is 5.65. The summed E-state index contributed by atoms with van der Waals surface area (Å²) < 4.78 is 39.6. The summed E-state index contributed by atoms with van der Waals surface area (Å²) in [6, 6.07) is 0. The fourth-order valence-electron chi connectivity index (χ4n) is 1.11. The van der Waals surface area contributed by atoms with Crippen molar-refractivity contribution in [3.05, 3.63) is 0 Å². The van der Waals surface area contributed by atoms with Crippen molar-refractivity contribution < 1.29 is 13.0 Å². The summed E-state index contributed by atoms with van der Waals surface area (Å²) in [7, 11) is -1.33. The highest BCUT2D eigenvalue weighted by molar-refractivity contribution is 7.85. The van der Waals surface area contributed by atoms with Crippen LogP contribution in [0.5, 0.6) is 0 Å². The molecule has 0 N–H and O–H groups in total. The van der Waals surface area contributed by atoms with Crippen LogP contribution in [0.1, 0.15) is 33.6 Å². The molecule has 0 spiro atoms.